The molecule has 0 aromatic heterocycles. The lowest BCUT2D eigenvalue weighted by atomic mass is 10.2. The molecular formula is C14H10BrNO4S. The zero-order chi connectivity index (χ0) is 15.6. The molecule has 2 aromatic rings. The van der Waals surface area contributed by atoms with Gasteiger partial charge in [-0.05, 0) is 47.1 Å². The molecule has 0 radical (unpaired) electrons. The number of aryl methyl sites for hydroxylation is 1. The number of rotatable bonds is 4. The lowest BCUT2D eigenvalue weighted by Gasteiger charge is -2.07. The van der Waals surface area contributed by atoms with E-state index in [0.717, 1.165) is 0 Å². The molecule has 2 aromatic carbocycles. The summed E-state index contributed by atoms with van der Waals surface area (Å²) in [6, 6.07) is 9.89. The summed E-state index contributed by atoms with van der Waals surface area (Å²) in [6.07, 6.45) is 0. The van der Waals surface area contributed by atoms with Crippen LogP contribution in [0.1, 0.15) is 15.9 Å². The average Bonchev–Trinajstić information content (AvgIpc) is 2.40. The molecule has 0 bridgehead atoms. The SMILES string of the molecule is Cc1cccc(Sc2ccc(Br)c(C(=O)O)c2)c1[N+](=O)[O-]. The Hall–Kier alpha value is -1.86. The first kappa shape index (κ1) is 15.5. The maximum absolute atomic E-state index is 11.2. The van der Waals surface area contributed by atoms with Crippen LogP contribution in [0.3, 0.4) is 0 Å². The van der Waals surface area contributed by atoms with Crippen molar-refractivity contribution >= 4 is 39.3 Å². The summed E-state index contributed by atoms with van der Waals surface area (Å²) < 4.78 is 0.470. The number of carboxylic acid groups (broad SMARTS) is 1. The number of nitro groups is 1. The summed E-state index contributed by atoms with van der Waals surface area (Å²) in [6.45, 7) is 1.67. The van der Waals surface area contributed by atoms with E-state index in [4.69, 9.17) is 5.11 Å². The standard InChI is InChI=1S/C14H10BrNO4S/c1-8-3-2-4-12(13(8)16(19)20)21-9-5-6-11(15)10(7-9)14(17)18/h2-7H,1H3,(H,17,18). The van der Waals surface area contributed by atoms with Crippen LogP contribution in [-0.4, -0.2) is 16.0 Å². The fourth-order valence-corrected chi connectivity index (χ4v) is 3.27. The molecule has 0 aliphatic heterocycles. The molecule has 0 amide bonds. The number of hydrogen-bond donors (Lipinski definition) is 1. The first-order chi connectivity index (χ1) is 9.90. The molecule has 0 unspecified atom stereocenters. The number of carbonyl (C=O) groups is 1. The number of nitro benzene ring substituents is 1. The third kappa shape index (κ3) is 3.43. The highest BCUT2D eigenvalue weighted by Gasteiger charge is 2.18. The third-order valence-corrected chi connectivity index (χ3v) is 4.51. The fraction of sp³-hybridized carbons (Fsp3) is 0.0714. The number of halogens is 1. The van der Waals surface area contributed by atoms with E-state index in [1.807, 2.05) is 0 Å². The van der Waals surface area contributed by atoms with E-state index in [1.165, 1.54) is 17.8 Å². The summed E-state index contributed by atoms with van der Waals surface area (Å²) in [7, 11) is 0. The largest absolute Gasteiger partial charge is 0.478 e. The van der Waals surface area contributed by atoms with Gasteiger partial charge >= 0.3 is 5.97 Å². The Morgan fingerprint density at radius 2 is 2.05 bits per heavy atom. The van der Waals surface area contributed by atoms with E-state index in [2.05, 4.69) is 15.9 Å². The monoisotopic (exact) mass is 367 g/mol. The highest BCUT2D eigenvalue weighted by Crippen LogP contribution is 2.37. The second-order valence-electron chi connectivity index (χ2n) is 4.23. The molecule has 0 saturated heterocycles. The van der Waals surface area contributed by atoms with Crippen molar-refractivity contribution in [1.29, 1.82) is 0 Å². The molecule has 0 saturated carbocycles. The van der Waals surface area contributed by atoms with Crippen LogP contribution in [0, 0.1) is 17.0 Å². The van der Waals surface area contributed by atoms with Crippen molar-refractivity contribution in [1.82, 2.24) is 0 Å². The van der Waals surface area contributed by atoms with Crippen molar-refractivity contribution in [2.24, 2.45) is 0 Å². The van der Waals surface area contributed by atoms with E-state index in [0.29, 0.717) is 19.8 Å². The van der Waals surface area contributed by atoms with Crippen LogP contribution in [0.4, 0.5) is 5.69 Å². The van der Waals surface area contributed by atoms with Gasteiger partial charge in [0.15, 0.2) is 0 Å². The highest BCUT2D eigenvalue weighted by atomic mass is 79.9. The topological polar surface area (TPSA) is 80.4 Å². The van der Waals surface area contributed by atoms with Crippen LogP contribution in [0.2, 0.25) is 0 Å². The number of nitrogens with zero attached hydrogens (tertiary/aromatic N) is 1. The van der Waals surface area contributed by atoms with Crippen molar-refractivity contribution in [2.75, 3.05) is 0 Å². The van der Waals surface area contributed by atoms with Gasteiger partial charge in [0.25, 0.3) is 5.69 Å². The van der Waals surface area contributed by atoms with Crippen molar-refractivity contribution in [3.63, 3.8) is 0 Å². The number of benzene rings is 2. The van der Waals surface area contributed by atoms with Gasteiger partial charge in [0.1, 0.15) is 0 Å². The van der Waals surface area contributed by atoms with Gasteiger partial charge < -0.3 is 5.11 Å². The minimum atomic E-state index is -1.05. The molecule has 0 atom stereocenters. The first-order valence-corrected chi connectivity index (χ1v) is 7.46. The number of aromatic carboxylic acids is 1. The molecular weight excluding hydrogens is 358 g/mol. The third-order valence-electron chi connectivity index (χ3n) is 2.78. The van der Waals surface area contributed by atoms with Gasteiger partial charge in [-0.3, -0.25) is 10.1 Å². The number of carboxylic acids is 1. The Balaban J connectivity index is 2.44. The molecule has 0 aliphatic rings. The molecule has 1 N–H and O–H groups in total. The highest BCUT2D eigenvalue weighted by molar-refractivity contribution is 9.10. The van der Waals surface area contributed by atoms with Gasteiger partial charge in [-0.1, -0.05) is 23.9 Å². The van der Waals surface area contributed by atoms with Crippen molar-refractivity contribution < 1.29 is 14.8 Å². The van der Waals surface area contributed by atoms with Gasteiger partial charge in [0.2, 0.25) is 0 Å². The molecule has 108 valence electrons. The van der Waals surface area contributed by atoms with E-state index in [9.17, 15) is 14.9 Å². The fourth-order valence-electron chi connectivity index (χ4n) is 1.81. The van der Waals surface area contributed by atoms with E-state index in [1.54, 1.807) is 37.3 Å². The Kier molecular flexibility index (Phi) is 4.64. The minimum absolute atomic E-state index is 0.0438. The van der Waals surface area contributed by atoms with Crippen LogP contribution < -0.4 is 0 Å². The Morgan fingerprint density at radius 1 is 1.33 bits per heavy atom. The van der Waals surface area contributed by atoms with Gasteiger partial charge in [0.05, 0.1) is 15.4 Å². The quantitative estimate of drug-likeness (QED) is 0.634. The summed E-state index contributed by atoms with van der Waals surface area (Å²) in [5.41, 5.74) is 0.734. The van der Waals surface area contributed by atoms with Gasteiger partial charge in [-0.25, -0.2) is 4.79 Å². The molecule has 0 heterocycles. The lowest BCUT2D eigenvalue weighted by Crippen LogP contribution is -1.98. The molecule has 0 spiro atoms. The normalized spacial score (nSPS) is 10.4. The molecule has 7 heteroatoms. The van der Waals surface area contributed by atoms with E-state index in [-0.39, 0.29) is 11.3 Å². The van der Waals surface area contributed by atoms with E-state index >= 15 is 0 Å². The minimum Gasteiger partial charge on any atom is -0.478 e. The molecule has 5 nitrogen and oxygen atoms in total. The maximum atomic E-state index is 11.2. The van der Waals surface area contributed by atoms with Crippen LogP contribution >= 0.6 is 27.7 Å². The maximum Gasteiger partial charge on any atom is 0.336 e. The molecule has 0 aliphatic carbocycles. The summed E-state index contributed by atoms with van der Waals surface area (Å²) in [5, 5.41) is 20.2. The molecule has 21 heavy (non-hydrogen) atoms. The lowest BCUT2D eigenvalue weighted by molar-refractivity contribution is -0.388. The predicted molar refractivity (Wildman–Crippen MR) is 83.1 cm³/mol. The van der Waals surface area contributed by atoms with Gasteiger partial charge in [-0.2, -0.15) is 0 Å². The Bertz CT molecular complexity index is 733. The number of para-hydroxylation sites is 1. The Morgan fingerprint density at radius 3 is 2.67 bits per heavy atom. The number of hydrogen-bond acceptors (Lipinski definition) is 4. The predicted octanol–water partition coefficient (Wildman–Crippen LogP) is 4.52. The van der Waals surface area contributed by atoms with Crippen LogP contribution in [0.15, 0.2) is 50.7 Å². The summed E-state index contributed by atoms with van der Waals surface area (Å²) >= 11 is 4.34. The van der Waals surface area contributed by atoms with E-state index < -0.39 is 10.9 Å². The zero-order valence-electron chi connectivity index (χ0n) is 10.9. The Labute approximate surface area is 133 Å². The van der Waals surface area contributed by atoms with Crippen molar-refractivity contribution in [2.45, 2.75) is 16.7 Å². The van der Waals surface area contributed by atoms with Gasteiger partial charge in [-0.15, -0.1) is 0 Å². The van der Waals surface area contributed by atoms with Crippen LogP contribution in [0.5, 0.6) is 0 Å². The van der Waals surface area contributed by atoms with Crippen molar-refractivity contribution in [3.8, 4) is 0 Å². The van der Waals surface area contributed by atoms with Gasteiger partial charge in [0, 0.05) is 14.9 Å². The first-order valence-electron chi connectivity index (χ1n) is 5.85. The van der Waals surface area contributed by atoms with Crippen LogP contribution in [0.25, 0.3) is 0 Å². The van der Waals surface area contributed by atoms with Crippen molar-refractivity contribution in [3.05, 3.63) is 62.1 Å². The molecule has 0 fully saturated rings. The second kappa shape index (κ2) is 6.28. The molecule has 2 rings (SSSR count). The van der Waals surface area contributed by atoms with Crippen LogP contribution in [-0.2, 0) is 0 Å². The summed E-state index contributed by atoms with van der Waals surface area (Å²) in [5.74, 6) is -1.05. The average molecular weight is 368 g/mol. The zero-order valence-corrected chi connectivity index (χ0v) is 13.3. The second-order valence-corrected chi connectivity index (χ2v) is 6.20. The summed E-state index contributed by atoms with van der Waals surface area (Å²) in [4.78, 5) is 23.0. The smallest absolute Gasteiger partial charge is 0.336 e.